The summed E-state index contributed by atoms with van der Waals surface area (Å²) in [4.78, 5) is 11.7. The summed E-state index contributed by atoms with van der Waals surface area (Å²) >= 11 is 1.84. The van der Waals surface area contributed by atoms with Crippen molar-refractivity contribution in [2.75, 3.05) is 30.0 Å². The Hall–Kier alpha value is -0.910. The van der Waals surface area contributed by atoms with Crippen molar-refractivity contribution in [1.82, 2.24) is 0 Å². The van der Waals surface area contributed by atoms with E-state index in [9.17, 15) is 4.79 Å². The SMILES string of the molecule is CCCCSCCC(=O)Nc1ccc(OCCN)cc1.Cl. The molecule has 1 rings (SSSR count). The highest BCUT2D eigenvalue weighted by molar-refractivity contribution is 7.99. The molecule has 0 aliphatic carbocycles. The van der Waals surface area contributed by atoms with Gasteiger partial charge in [0.1, 0.15) is 12.4 Å². The lowest BCUT2D eigenvalue weighted by molar-refractivity contribution is -0.115. The van der Waals surface area contributed by atoms with Gasteiger partial charge >= 0.3 is 0 Å². The number of benzene rings is 1. The molecular formula is C15H25ClN2O2S. The minimum Gasteiger partial charge on any atom is -0.492 e. The predicted molar refractivity (Wildman–Crippen MR) is 93.7 cm³/mol. The number of hydrogen-bond donors (Lipinski definition) is 2. The van der Waals surface area contributed by atoms with E-state index in [0.717, 1.165) is 22.9 Å². The largest absolute Gasteiger partial charge is 0.492 e. The number of nitrogens with one attached hydrogen (secondary N) is 1. The Bertz CT molecular complexity index is 388. The van der Waals surface area contributed by atoms with E-state index in [4.69, 9.17) is 10.5 Å². The Morgan fingerprint density at radius 3 is 2.62 bits per heavy atom. The van der Waals surface area contributed by atoms with Crippen LogP contribution in [-0.2, 0) is 4.79 Å². The van der Waals surface area contributed by atoms with Gasteiger partial charge in [0.15, 0.2) is 0 Å². The van der Waals surface area contributed by atoms with E-state index in [2.05, 4.69) is 12.2 Å². The molecule has 0 aromatic heterocycles. The van der Waals surface area contributed by atoms with Crippen LogP contribution in [0, 0.1) is 0 Å². The van der Waals surface area contributed by atoms with Crippen LogP contribution in [0.15, 0.2) is 24.3 Å². The third-order valence-corrected chi connectivity index (χ3v) is 3.71. The van der Waals surface area contributed by atoms with Gasteiger partial charge in [-0.3, -0.25) is 4.79 Å². The summed E-state index contributed by atoms with van der Waals surface area (Å²) in [5.74, 6) is 2.84. The number of ether oxygens (including phenoxy) is 1. The lowest BCUT2D eigenvalue weighted by Crippen LogP contribution is -2.12. The molecule has 0 bridgehead atoms. The highest BCUT2D eigenvalue weighted by Gasteiger charge is 2.02. The molecule has 0 fully saturated rings. The number of halogens is 1. The van der Waals surface area contributed by atoms with Gasteiger partial charge in [-0.05, 0) is 36.4 Å². The second-order valence-corrected chi connectivity index (χ2v) is 5.65. The summed E-state index contributed by atoms with van der Waals surface area (Å²) < 4.78 is 5.38. The molecular weight excluding hydrogens is 308 g/mol. The van der Waals surface area contributed by atoms with Gasteiger partial charge in [-0.1, -0.05) is 13.3 Å². The Kier molecular flexibility index (Phi) is 12.2. The normalized spacial score (nSPS) is 9.81. The number of thioether (sulfide) groups is 1. The number of carbonyl (C=O) groups excluding carboxylic acids is 1. The molecule has 6 heteroatoms. The molecule has 0 atom stereocenters. The fourth-order valence-corrected chi connectivity index (χ4v) is 2.57. The third-order valence-electron chi connectivity index (χ3n) is 2.64. The Balaban J connectivity index is 0.00000400. The van der Waals surface area contributed by atoms with Crippen LogP contribution in [0.2, 0.25) is 0 Å². The van der Waals surface area contributed by atoms with E-state index in [1.807, 2.05) is 36.0 Å². The standard InChI is InChI=1S/C15H24N2O2S.ClH/c1-2-3-11-20-12-8-15(18)17-13-4-6-14(7-5-13)19-10-9-16;/h4-7H,2-3,8-12,16H2,1H3,(H,17,18);1H. The third kappa shape index (κ3) is 9.61. The van der Waals surface area contributed by atoms with E-state index in [0.29, 0.717) is 19.6 Å². The van der Waals surface area contributed by atoms with E-state index < -0.39 is 0 Å². The lowest BCUT2D eigenvalue weighted by Gasteiger charge is -2.07. The molecule has 0 radical (unpaired) electrons. The van der Waals surface area contributed by atoms with Crippen LogP contribution in [0.5, 0.6) is 5.75 Å². The number of unbranched alkanes of at least 4 members (excludes halogenated alkanes) is 1. The molecule has 0 saturated heterocycles. The zero-order valence-electron chi connectivity index (χ0n) is 12.5. The number of rotatable bonds is 10. The lowest BCUT2D eigenvalue weighted by atomic mass is 10.3. The summed E-state index contributed by atoms with van der Waals surface area (Å²) in [6.45, 7) is 3.17. The summed E-state index contributed by atoms with van der Waals surface area (Å²) in [7, 11) is 0. The van der Waals surface area contributed by atoms with Crippen LogP contribution in [0.3, 0.4) is 0 Å². The highest BCUT2D eigenvalue weighted by Crippen LogP contribution is 2.16. The maximum Gasteiger partial charge on any atom is 0.225 e. The van der Waals surface area contributed by atoms with Crippen LogP contribution in [-0.4, -0.2) is 30.6 Å². The molecule has 1 aromatic carbocycles. The maximum absolute atomic E-state index is 11.7. The average Bonchev–Trinajstić information content (AvgIpc) is 2.46. The van der Waals surface area contributed by atoms with Gasteiger partial charge in [-0.2, -0.15) is 11.8 Å². The first kappa shape index (κ1) is 20.1. The number of nitrogens with two attached hydrogens (primary N) is 1. The van der Waals surface area contributed by atoms with Gasteiger partial charge in [0.05, 0.1) is 0 Å². The molecule has 3 N–H and O–H groups in total. The Morgan fingerprint density at radius 1 is 1.29 bits per heavy atom. The van der Waals surface area contributed by atoms with Crippen LogP contribution in [0.25, 0.3) is 0 Å². The van der Waals surface area contributed by atoms with Crippen molar-refractivity contribution in [2.24, 2.45) is 5.73 Å². The summed E-state index contributed by atoms with van der Waals surface area (Å²) in [5, 5.41) is 2.88. The van der Waals surface area contributed by atoms with Crippen molar-refractivity contribution in [1.29, 1.82) is 0 Å². The first-order chi connectivity index (χ1) is 9.76. The first-order valence-corrected chi connectivity index (χ1v) is 8.22. The van der Waals surface area contributed by atoms with E-state index in [-0.39, 0.29) is 18.3 Å². The molecule has 0 saturated carbocycles. The minimum atomic E-state index is 0. The van der Waals surface area contributed by atoms with Crippen molar-refractivity contribution < 1.29 is 9.53 Å². The number of anilines is 1. The minimum absolute atomic E-state index is 0. The van der Waals surface area contributed by atoms with Crippen LogP contribution < -0.4 is 15.8 Å². The van der Waals surface area contributed by atoms with Crippen LogP contribution in [0.1, 0.15) is 26.2 Å². The van der Waals surface area contributed by atoms with Gasteiger partial charge in [-0.25, -0.2) is 0 Å². The molecule has 21 heavy (non-hydrogen) atoms. The fourth-order valence-electron chi connectivity index (χ4n) is 1.55. The van der Waals surface area contributed by atoms with Gasteiger partial charge < -0.3 is 15.8 Å². The number of carbonyl (C=O) groups is 1. The second-order valence-electron chi connectivity index (χ2n) is 4.43. The Morgan fingerprint density at radius 2 is 2.00 bits per heavy atom. The molecule has 0 spiro atoms. The van der Waals surface area contributed by atoms with Crippen molar-refractivity contribution in [3.8, 4) is 5.75 Å². The molecule has 120 valence electrons. The summed E-state index contributed by atoms with van der Waals surface area (Å²) in [6.07, 6.45) is 2.98. The van der Waals surface area contributed by atoms with Gasteiger partial charge in [0, 0.05) is 24.4 Å². The predicted octanol–water partition coefficient (Wildman–Crippen LogP) is 3.31. The van der Waals surface area contributed by atoms with Crippen LogP contribution >= 0.6 is 24.2 Å². The van der Waals surface area contributed by atoms with E-state index in [1.165, 1.54) is 12.8 Å². The molecule has 4 nitrogen and oxygen atoms in total. The molecule has 0 aliphatic heterocycles. The van der Waals surface area contributed by atoms with E-state index >= 15 is 0 Å². The molecule has 1 aromatic rings. The maximum atomic E-state index is 11.7. The molecule has 0 aliphatic rings. The summed E-state index contributed by atoms with van der Waals surface area (Å²) in [6, 6.07) is 7.35. The number of amides is 1. The monoisotopic (exact) mass is 332 g/mol. The second kappa shape index (κ2) is 12.8. The first-order valence-electron chi connectivity index (χ1n) is 7.06. The zero-order chi connectivity index (χ0) is 14.6. The van der Waals surface area contributed by atoms with Crippen molar-refractivity contribution in [3.05, 3.63) is 24.3 Å². The van der Waals surface area contributed by atoms with Crippen LogP contribution in [0.4, 0.5) is 5.69 Å². The van der Waals surface area contributed by atoms with Crippen molar-refractivity contribution >= 4 is 35.8 Å². The molecule has 0 heterocycles. The van der Waals surface area contributed by atoms with E-state index in [1.54, 1.807) is 0 Å². The molecule has 1 amide bonds. The molecule has 0 unspecified atom stereocenters. The number of hydrogen-bond acceptors (Lipinski definition) is 4. The fraction of sp³-hybridized carbons (Fsp3) is 0.533. The smallest absolute Gasteiger partial charge is 0.225 e. The van der Waals surface area contributed by atoms with Crippen molar-refractivity contribution in [2.45, 2.75) is 26.2 Å². The highest BCUT2D eigenvalue weighted by atomic mass is 35.5. The summed E-state index contributed by atoms with van der Waals surface area (Å²) in [5.41, 5.74) is 6.16. The van der Waals surface area contributed by atoms with Gasteiger partial charge in [0.2, 0.25) is 5.91 Å². The van der Waals surface area contributed by atoms with Gasteiger partial charge in [0.25, 0.3) is 0 Å². The Labute approximate surface area is 137 Å². The topological polar surface area (TPSA) is 64.3 Å². The quantitative estimate of drug-likeness (QED) is 0.645. The van der Waals surface area contributed by atoms with Crippen molar-refractivity contribution in [3.63, 3.8) is 0 Å². The van der Waals surface area contributed by atoms with Gasteiger partial charge in [-0.15, -0.1) is 12.4 Å². The average molecular weight is 333 g/mol. The zero-order valence-corrected chi connectivity index (χ0v) is 14.1.